The molecule has 90 valence electrons. The van der Waals surface area contributed by atoms with E-state index in [1.54, 1.807) is 13.4 Å². The highest BCUT2D eigenvalue weighted by atomic mass is 15.2. The van der Waals surface area contributed by atoms with Gasteiger partial charge in [0.25, 0.3) is 0 Å². The Morgan fingerprint density at radius 1 is 1.41 bits per heavy atom. The fourth-order valence-electron chi connectivity index (χ4n) is 1.93. The molecule has 1 aliphatic rings. The first kappa shape index (κ1) is 10.3. The van der Waals surface area contributed by atoms with Crippen LogP contribution in [-0.2, 0) is 0 Å². The number of H-pyrrole nitrogens is 1. The minimum absolute atomic E-state index is 0.358. The van der Waals surface area contributed by atoms with Gasteiger partial charge in [-0.05, 0) is 11.8 Å². The van der Waals surface area contributed by atoms with Crippen LogP contribution in [0.3, 0.4) is 0 Å². The fraction of sp³-hybridized carbons (Fsp3) is 0.545. The second kappa shape index (κ2) is 3.32. The molecule has 2 heterocycles. The van der Waals surface area contributed by atoms with Gasteiger partial charge in [-0.1, -0.05) is 13.8 Å². The molecule has 17 heavy (non-hydrogen) atoms. The monoisotopic (exact) mass is 232 g/mol. The Bertz CT molecular complexity index is 558. The summed E-state index contributed by atoms with van der Waals surface area (Å²) in [5.41, 5.74) is 1.91. The third-order valence-corrected chi connectivity index (χ3v) is 3.33. The number of aromatic amines is 1. The number of hydrogen-bond donors (Lipinski definition) is 3. The normalized spacial score (nSPS) is 21.5. The zero-order chi connectivity index (χ0) is 12.0. The molecule has 0 aliphatic heterocycles. The molecular formula is C11H16N6. The largest absolute Gasteiger partial charge is 0.365 e. The minimum Gasteiger partial charge on any atom is -0.365 e. The topological polar surface area (TPSA) is 78.5 Å². The van der Waals surface area contributed by atoms with Gasteiger partial charge in [0.05, 0.1) is 6.33 Å². The van der Waals surface area contributed by atoms with Crippen LogP contribution in [0, 0.1) is 5.41 Å². The van der Waals surface area contributed by atoms with E-state index in [4.69, 9.17) is 0 Å². The smallest absolute Gasteiger partial charge is 0.226 e. The standard InChI is InChI=1S/C11H16N6/c1-11(2)4-6(11)15-9-7-8(14-5-13-7)16-10(12-3)17-9/h5-6H,4H2,1-3H3,(H3,12,13,14,15,16,17). The second-order valence-electron chi connectivity index (χ2n) is 5.14. The lowest BCUT2D eigenvalue weighted by Gasteiger charge is -2.09. The zero-order valence-corrected chi connectivity index (χ0v) is 10.2. The Kier molecular flexibility index (Phi) is 2.01. The van der Waals surface area contributed by atoms with Crippen LogP contribution in [0.2, 0.25) is 0 Å². The third kappa shape index (κ3) is 1.69. The van der Waals surface area contributed by atoms with E-state index in [-0.39, 0.29) is 0 Å². The third-order valence-electron chi connectivity index (χ3n) is 3.33. The van der Waals surface area contributed by atoms with Crippen molar-refractivity contribution in [2.24, 2.45) is 5.41 Å². The highest BCUT2D eigenvalue weighted by Crippen LogP contribution is 2.46. The van der Waals surface area contributed by atoms with Crippen LogP contribution < -0.4 is 10.6 Å². The predicted octanol–water partition coefficient (Wildman–Crippen LogP) is 1.60. The van der Waals surface area contributed by atoms with Gasteiger partial charge in [-0.25, -0.2) is 4.98 Å². The average Bonchev–Trinajstić information content (AvgIpc) is 2.74. The SMILES string of the molecule is CNc1nc(NC2CC2(C)C)c2[nH]cnc2n1. The number of hydrogen-bond acceptors (Lipinski definition) is 5. The van der Waals surface area contributed by atoms with Crippen molar-refractivity contribution in [1.82, 2.24) is 19.9 Å². The van der Waals surface area contributed by atoms with Gasteiger partial charge >= 0.3 is 0 Å². The molecule has 1 saturated carbocycles. The van der Waals surface area contributed by atoms with Crippen molar-refractivity contribution < 1.29 is 0 Å². The van der Waals surface area contributed by atoms with Crippen molar-refractivity contribution >= 4 is 22.9 Å². The molecule has 2 aromatic heterocycles. The average molecular weight is 232 g/mol. The molecule has 3 N–H and O–H groups in total. The van der Waals surface area contributed by atoms with E-state index in [0.29, 0.717) is 23.1 Å². The Morgan fingerprint density at radius 3 is 2.82 bits per heavy atom. The van der Waals surface area contributed by atoms with Gasteiger partial charge in [0.15, 0.2) is 11.5 Å². The summed E-state index contributed by atoms with van der Waals surface area (Å²) < 4.78 is 0. The highest BCUT2D eigenvalue weighted by Gasteiger charge is 2.46. The second-order valence-corrected chi connectivity index (χ2v) is 5.14. The lowest BCUT2D eigenvalue weighted by Crippen LogP contribution is -2.11. The molecule has 1 aliphatic carbocycles. The first-order valence-electron chi connectivity index (χ1n) is 5.75. The Labute approximate surface area is 99.3 Å². The summed E-state index contributed by atoms with van der Waals surface area (Å²) in [6.45, 7) is 4.49. The molecule has 1 unspecified atom stereocenters. The first-order valence-corrected chi connectivity index (χ1v) is 5.75. The van der Waals surface area contributed by atoms with Crippen LogP contribution >= 0.6 is 0 Å². The molecule has 6 heteroatoms. The van der Waals surface area contributed by atoms with E-state index in [2.05, 4.69) is 44.4 Å². The number of aromatic nitrogens is 4. The van der Waals surface area contributed by atoms with Gasteiger partial charge in [-0.2, -0.15) is 9.97 Å². The van der Waals surface area contributed by atoms with Gasteiger partial charge in [-0.3, -0.25) is 0 Å². The van der Waals surface area contributed by atoms with Gasteiger partial charge in [0.1, 0.15) is 5.52 Å². The number of rotatable bonds is 3. The zero-order valence-electron chi connectivity index (χ0n) is 10.2. The quantitative estimate of drug-likeness (QED) is 0.749. The van der Waals surface area contributed by atoms with E-state index >= 15 is 0 Å². The molecule has 0 radical (unpaired) electrons. The molecule has 0 aromatic carbocycles. The molecule has 0 amide bonds. The molecule has 0 spiro atoms. The van der Waals surface area contributed by atoms with Crippen LogP contribution in [0.25, 0.3) is 11.2 Å². The van der Waals surface area contributed by atoms with Crippen LogP contribution in [0.5, 0.6) is 0 Å². The molecule has 6 nitrogen and oxygen atoms in total. The van der Waals surface area contributed by atoms with E-state index in [9.17, 15) is 0 Å². The predicted molar refractivity (Wildman–Crippen MR) is 67.0 cm³/mol. The van der Waals surface area contributed by atoms with Crippen LogP contribution in [0.1, 0.15) is 20.3 Å². The van der Waals surface area contributed by atoms with Crippen molar-refractivity contribution in [3.63, 3.8) is 0 Å². The first-order chi connectivity index (χ1) is 8.10. The molecule has 0 saturated heterocycles. The summed E-state index contributed by atoms with van der Waals surface area (Å²) >= 11 is 0. The van der Waals surface area contributed by atoms with Crippen molar-refractivity contribution in [3.8, 4) is 0 Å². The van der Waals surface area contributed by atoms with E-state index in [1.165, 1.54) is 6.42 Å². The fourth-order valence-corrected chi connectivity index (χ4v) is 1.93. The molecule has 1 atom stereocenters. The number of imidazole rings is 1. The number of anilines is 2. The maximum atomic E-state index is 4.43. The lowest BCUT2D eigenvalue weighted by molar-refractivity contribution is 0.630. The summed E-state index contributed by atoms with van der Waals surface area (Å²) in [6.07, 6.45) is 2.81. The van der Waals surface area contributed by atoms with E-state index < -0.39 is 0 Å². The van der Waals surface area contributed by atoms with Gasteiger partial charge in [-0.15, -0.1) is 0 Å². The van der Waals surface area contributed by atoms with Crippen LogP contribution in [0.15, 0.2) is 6.33 Å². The van der Waals surface area contributed by atoms with Gasteiger partial charge < -0.3 is 15.6 Å². The van der Waals surface area contributed by atoms with Gasteiger partial charge in [0.2, 0.25) is 5.95 Å². The number of nitrogens with zero attached hydrogens (tertiary/aromatic N) is 3. The molecule has 3 rings (SSSR count). The molecular weight excluding hydrogens is 216 g/mol. The van der Waals surface area contributed by atoms with Crippen LogP contribution in [-0.4, -0.2) is 33.0 Å². The summed E-state index contributed by atoms with van der Waals surface area (Å²) in [6, 6.07) is 0.480. The summed E-state index contributed by atoms with van der Waals surface area (Å²) in [5.74, 6) is 1.41. The summed E-state index contributed by atoms with van der Waals surface area (Å²) in [4.78, 5) is 15.9. The van der Waals surface area contributed by atoms with Crippen molar-refractivity contribution in [1.29, 1.82) is 0 Å². The van der Waals surface area contributed by atoms with E-state index in [0.717, 1.165) is 11.3 Å². The lowest BCUT2D eigenvalue weighted by atomic mass is 10.2. The minimum atomic E-state index is 0.358. The maximum Gasteiger partial charge on any atom is 0.226 e. The highest BCUT2D eigenvalue weighted by molar-refractivity contribution is 5.84. The number of nitrogens with one attached hydrogen (secondary N) is 3. The Balaban J connectivity index is 1.99. The summed E-state index contributed by atoms with van der Waals surface area (Å²) in [5, 5.41) is 6.40. The molecule has 2 aromatic rings. The summed E-state index contributed by atoms with van der Waals surface area (Å²) in [7, 11) is 1.80. The van der Waals surface area contributed by atoms with Crippen molar-refractivity contribution in [2.75, 3.05) is 17.7 Å². The maximum absolute atomic E-state index is 4.43. The number of fused-ring (bicyclic) bond motifs is 1. The van der Waals surface area contributed by atoms with Crippen molar-refractivity contribution in [3.05, 3.63) is 6.33 Å². The molecule has 0 bridgehead atoms. The van der Waals surface area contributed by atoms with Crippen LogP contribution in [0.4, 0.5) is 11.8 Å². The Morgan fingerprint density at radius 2 is 2.18 bits per heavy atom. The van der Waals surface area contributed by atoms with Crippen molar-refractivity contribution in [2.45, 2.75) is 26.3 Å². The van der Waals surface area contributed by atoms with Gasteiger partial charge in [0, 0.05) is 13.1 Å². The van der Waals surface area contributed by atoms with E-state index in [1.807, 2.05) is 0 Å². The molecule has 1 fully saturated rings. The Hall–Kier alpha value is -1.85.